The van der Waals surface area contributed by atoms with E-state index in [1.54, 1.807) is 0 Å². The third kappa shape index (κ3) is 3.31. The Balaban J connectivity index is 1.64. The van der Waals surface area contributed by atoms with Crippen LogP contribution < -0.4 is 0 Å². The highest BCUT2D eigenvalue weighted by Gasteiger charge is 2.42. The Morgan fingerprint density at radius 1 is 1.32 bits per heavy atom. The number of carbonyl (C=O) groups excluding carboxylic acids is 1. The van der Waals surface area contributed by atoms with Gasteiger partial charge in [0.05, 0.1) is 25.5 Å². The van der Waals surface area contributed by atoms with Gasteiger partial charge in [0.15, 0.2) is 5.60 Å². The van der Waals surface area contributed by atoms with E-state index in [9.17, 15) is 4.79 Å². The lowest BCUT2D eigenvalue weighted by atomic mass is 10.0. The summed E-state index contributed by atoms with van der Waals surface area (Å²) in [6.07, 6.45) is 0. The van der Waals surface area contributed by atoms with Crippen LogP contribution in [-0.4, -0.2) is 72.5 Å². The molecule has 1 aromatic rings. The molecule has 0 radical (unpaired) electrons. The molecule has 3 heterocycles. The highest BCUT2D eigenvalue weighted by molar-refractivity contribution is 5.85. The second-order valence-electron chi connectivity index (χ2n) is 6.12. The van der Waals surface area contributed by atoms with Crippen LogP contribution in [0.3, 0.4) is 0 Å². The molecule has 1 atom stereocenters. The van der Waals surface area contributed by atoms with Gasteiger partial charge in [0, 0.05) is 38.8 Å². The summed E-state index contributed by atoms with van der Waals surface area (Å²) in [6, 6.07) is 1.93. The number of hydrogen-bond donors (Lipinski definition) is 0. The fourth-order valence-corrected chi connectivity index (χ4v) is 3.04. The first kappa shape index (κ1) is 15.5. The molecule has 0 aliphatic carbocycles. The number of amides is 1. The summed E-state index contributed by atoms with van der Waals surface area (Å²) in [7, 11) is 0. The van der Waals surface area contributed by atoms with Gasteiger partial charge in [-0.15, -0.1) is 0 Å². The molecule has 2 aliphatic heterocycles. The van der Waals surface area contributed by atoms with Crippen molar-refractivity contribution in [3.63, 3.8) is 0 Å². The third-order valence-electron chi connectivity index (χ3n) is 4.17. The molecule has 122 valence electrons. The zero-order valence-electron chi connectivity index (χ0n) is 13.2. The van der Waals surface area contributed by atoms with E-state index in [1.165, 1.54) is 0 Å². The number of aryl methyl sites for hydroxylation is 1. The molecule has 7 nitrogen and oxygen atoms in total. The summed E-state index contributed by atoms with van der Waals surface area (Å²) in [5.74, 6) is 0.854. The predicted octanol–water partition coefficient (Wildman–Crippen LogP) is 0.433. The number of morpholine rings is 2. The van der Waals surface area contributed by atoms with Gasteiger partial charge >= 0.3 is 0 Å². The molecule has 2 aliphatic rings. The Labute approximate surface area is 130 Å². The van der Waals surface area contributed by atoms with Gasteiger partial charge in [-0.2, -0.15) is 0 Å². The molecule has 0 unspecified atom stereocenters. The monoisotopic (exact) mass is 309 g/mol. The molecule has 3 rings (SSSR count). The van der Waals surface area contributed by atoms with Crippen molar-refractivity contribution >= 4 is 5.91 Å². The quantitative estimate of drug-likeness (QED) is 0.807. The molecule has 22 heavy (non-hydrogen) atoms. The SMILES string of the molecule is Cc1cc(CN2CCO[C@](C)(C(=O)N3CCOCC3)C2)no1. The summed E-state index contributed by atoms with van der Waals surface area (Å²) < 4.78 is 16.2. The second-order valence-corrected chi connectivity index (χ2v) is 6.12. The van der Waals surface area contributed by atoms with Gasteiger partial charge in [-0.1, -0.05) is 5.16 Å². The Hall–Kier alpha value is -1.44. The van der Waals surface area contributed by atoms with Crippen LogP contribution in [0, 0.1) is 6.92 Å². The first-order valence-electron chi connectivity index (χ1n) is 7.72. The highest BCUT2D eigenvalue weighted by atomic mass is 16.5. The summed E-state index contributed by atoms with van der Waals surface area (Å²) in [5, 5.41) is 4.02. The van der Waals surface area contributed by atoms with Gasteiger partial charge in [0.25, 0.3) is 5.91 Å². The molecule has 0 bridgehead atoms. The van der Waals surface area contributed by atoms with Crippen molar-refractivity contribution in [1.82, 2.24) is 15.0 Å². The van der Waals surface area contributed by atoms with Crippen LogP contribution in [0.15, 0.2) is 10.6 Å². The van der Waals surface area contributed by atoms with Crippen molar-refractivity contribution in [2.24, 2.45) is 0 Å². The zero-order chi connectivity index (χ0) is 15.6. The van der Waals surface area contributed by atoms with Crippen LogP contribution in [-0.2, 0) is 20.8 Å². The average molecular weight is 309 g/mol. The van der Waals surface area contributed by atoms with Gasteiger partial charge in [-0.3, -0.25) is 9.69 Å². The maximum absolute atomic E-state index is 12.8. The van der Waals surface area contributed by atoms with Gasteiger partial charge in [0.2, 0.25) is 0 Å². The van der Waals surface area contributed by atoms with E-state index in [2.05, 4.69) is 10.1 Å². The van der Waals surface area contributed by atoms with E-state index in [0.29, 0.717) is 46.0 Å². The van der Waals surface area contributed by atoms with Crippen molar-refractivity contribution < 1.29 is 18.8 Å². The van der Waals surface area contributed by atoms with Gasteiger partial charge in [-0.25, -0.2) is 0 Å². The highest BCUT2D eigenvalue weighted by Crippen LogP contribution is 2.22. The Morgan fingerprint density at radius 3 is 2.77 bits per heavy atom. The van der Waals surface area contributed by atoms with Crippen molar-refractivity contribution in [2.45, 2.75) is 26.0 Å². The molecule has 1 amide bonds. The molecule has 0 aromatic carbocycles. The maximum Gasteiger partial charge on any atom is 0.256 e. The smallest absolute Gasteiger partial charge is 0.256 e. The summed E-state index contributed by atoms with van der Waals surface area (Å²) in [5.41, 5.74) is 0.0922. The van der Waals surface area contributed by atoms with Crippen molar-refractivity contribution in [3.05, 3.63) is 17.5 Å². The topological polar surface area (TPSA) is 68.0 Å². The second kappa shape index (κ2) is 6.36. The fourth-order valence-electron chi connectivity index (χ4n) is 3.04. The van der Waals surface area contributed by atoms with Gasteiger partial charge < -0.3 is 18.9 Å². The van der Waals surface area contributed by atoms with E-state index in [4.69, 9.17) is 14.0 Å². The zero-order valence-corrected chi connectivity index (χ0v) is 13.2. The molecule has 2 fully saturated rings. The van der Waals surface area contributed by atoms with Crippen LogP contribution in [0.1, 0.15) is 18.4 Å². The molecule has 0 spiro atoms. The Kier molecular flexibility index (Phi) is 4.46. The summed E-state index contributed by atoms with van der Waals surface area (Å²) >= 11 is 0. The van der Waals surface area contributed by atoms with Crippen LogP contribution in [0.2, 0.25) is 0 Å². The molecular formula is C15H23N3O4. The standard InChI is InChI=1S/C15H23N3O4/c1-12-9-13(16-22-12)10-17-3-8-21-15(2,11-17)14(19)18-4-6-20-7-5-18/h9H,3-8,10-11H2,1-2H3/t15-/m0/s1. The summed E-state index contributed by atoms with van der Waals surface area (Å²) in [6.45, 7) is 8.81. The molecule has 0 saturated carbocycles. The van der Waals surface area contributed by atoms with Crippen LogP contribution in [0.4, 0.5) is 0 Å². The molecule has 2 saturated heterocycles. The van der Waals surface area contributed by atoms with Crippen molar-refractivity contribution in [1.29, 1.82) is 0 Å². The minimum Gasteiger partial charge on any atom is -0.378 e. The molecule has 1 aromatic heterocycles. The molecular weight excluding hydrogens is 286 g/mol. The van der Waals surface area contributed by atoms with E-state index < -0.39 is 5.60 Å². The fraction of sp³-hybridized carbons (Fsp3) is 0.733. The van der Waals surface area contributed by atoms with Crippen LogP contribution in [0.25, 0.3) is 0 Å². The number of hydrogen-bond acceptors (Lipinski definition) is 6. The number of ether oxygens (including phenoxy) is 2. The van der Waals surface area contributed by atoms with Crippen molar-refractivity contribution in [2.75, 3.05) is 46.0 Å². The van der Waals surface area contributed by atoms with Crippen LogP contribution >= 0.6 is 0 Å². The van der Waals surface area contributed by atoms with Gasteiger partial charge in [0.1, 0.15) is 5.76 Å². The normalized spacial score (nSPS) is 27.1. The number of aromatic nitrogens is 1. The first-order chi connectivity index (χ1) is 10.6. The van der Waals surface area contributed by atoms with E-state index >= 15 is 0 Å². The van der Waals surface area contributed by atoms with E-state index in [0.717, 1.165) is 18.0 Å². The predicted molar refractivity (Wildman–Crippen MR) is 78.3 cm³/mol. The third-order valence-corrected chi connectivity index (χ3v) is 4.17. The van der Waals surface area contributed by atoms with Gasteiger partial charge in [-0.05, 0) is 13.8 Å². The molecule has 7 heteroatoms. The van der Waals surface area contributed by atoms with Crippen molar-refractivity contribution in [3.8, 4) is 0 Å². The minimum absolute atomic E-state index is 0.0526. The first-order valence-corrected chi connectivity index (χ1v) is 7.72. The lowest BCUT2D eigenvalue weighted by molar-refractivity contribution is -0.171. The maximum atomic E-state index is 12.8. The Morgan fingerprint density at radius 2 is 2.09 bits per heavy atom. The minimum atomic E-state index is -0.797. The molecule has 0 N–H and O–H groups in total. The van der Waals surface area contributed by atoms with E-state index in [1.807, 2.05) is 24.8 Å². The number of nitrogens with zero attached hydrogens (tertiary/aromatic N) is 3. The number of rotatable bonds is 3. The van der Waals surface area contributed by atoms with Crippen LogP contribution in [0.5, 0.6) is 0 Å². The lowest BCUT2D eigenvalue weighted by Crippen LogP contribution is -2.60. The lowest BCUT2D eigenvalue weighted by Gasteiger charge is -2.42. The largest absolute Gasteiger partial charge is 0.378 e. The number of carbonyl (C=O) groups is 1. The van der Waals surface area contributed by atoms with E-state index in [-0.39, 0.29) is 5.91 Å². The Bertz CT molecular complexity index is 527. The average Bonchev–Trinajstić information content (AvgIpc) is 2.92. The summed E-state index contributed by atoms with van der Waals surface area (Å²) in [4.78, 5) is 16.8.